The summed E-state index contributed by atoms with van der Waals surface area (Å²) in [7, 11) is 0. The lowest BCUT2D eigenvalue weighted by atomic mass is 10.0. The summed E-state index contributed by atoms with van der Waals surface area (Å²) < 4.78 is 7.11. The second-order valence-electron chi connectivity index (χ2n) is 5.15. The zero-order valence-corrected chi connectivity index (χ0v) is 13.6. The molecule has 20 heavy (non-hydrogen) atoms. The Morgan fingerprint density at radius 2 is 1.90 bits per heavy atom. The molecule has 3 heteroatoms. The normalized spacial score (nSPS) is 12.8. The Morgan fingerprint density at radius 3 is 2.70 bits per heavy atom. The van der Waals surface area contributed by atoms with Gasteiger partial charge in [-0.1, -0.05) is 29.8 Å². The number of benzene rings is 2. The molecule has 0 saturated heterocycles. The van der Waals surface area contributed by atoms with Crippen molar-refractivity contribution < 1.29 is 4.42 Å². The molecule has 0 amide bonds. The number of hydrogen-bond acceptors (Lipinski definition) is 2. The van der Waals surface area contributed by atoms with Gasteiger partial charge in [-0.3, -0.25) is 0 Å². The molecular weight excluding hydrogens is 361 g/mol. The van der Waals surface area contributed by atoms with Gasteiger partial charge >= 0.3 is 0 Å². The fourth-order valence-electron chi connectivity index (χ4n) is 2.40. The summed E-state index contributed by atoms with van der Waals surface area (Å²) in [5.41, 5.74) is 10.9. The molecule has 2 N–H and O–H groups in total. The van der Waals surface area contributed by atoms with Crippen LogP contribution in [0.3, 0.4) is 0 Å². The van der Waals surface area contributed by atoms with Gasteiger partial charge in [0.2, 0.25) is 0 Å². The molecule has 3 aromatic rings. The van der Waals surface area contributed by atoms with E-state index in [1.54, 1.807) is 0 Å². The molecule has 0 radical (unpaired) electrons. The SMILES string of the molecule is Cc1ccc2oc(C(N)c3cccc(C)c3I)cc2c1. The summed E-state index contributed by atoms with van der Waals surface area (Å²) in [4.78, 5) is 0. The molecule has 1 unspecified atom stereocenters. The topological polar surface area (TPSA) is 39.2 Å². The lowest BCUT2D eigenvalue weighted by molar-refractivity contribution is 0.524. The number of aryl methyl sites for hydroxylation is 2. The number of hydrogen-bond donors (Lipinski definition) is 1. The van der Waals surface area contributed by atoms with Crippen molar-refractivity contribution in [3.63, 3.8) is 0 Å². The van der Waals surface area contributed by atoms with Crippen molar-refractivity contribution in [2.75, 3.05) is 0 Å². The molecule has 0 bridgehead atoms. The van der Waals surface area contributed by atoms with E-state index in [4.69, 9.17) is 10.2 Å². The predicted octanol–water partition coefficient (Wildman–Crippen LogP) is 4.70. The van der Waals surface area contributed by atoms with Crippen LogP contribution in [0.2, 0.25) is 0 Å². The van der Waals surface area contributed by atoms with Crippen LogP contribution in [0.5, 0.6) is 0 Å². The third-order valence-corrected chi connectivity index (χ3v) is 5.03. The second-order valence-corrected chi connectivity index (χ2v) is 6.22. The third-order valence-electron chi connectivity index (χ3n) is 3.55. The van der Waals surface area contributed by atoms with Crippen LogP contribution in [-0.4, -0.2) is 0 Å². The second kappa shape index (κ2) is 5.22. The zero-order chi connectivity index (χ0) is 14.3. The van der Waals surface area contributed by atoms with Gasteiger partial charge in [-0.15, -0.1) is 0 Å². The third kappa shape index (κ3) is 2.36. The van der Waals surface area contributed by atoms with Gasteiger partial charge in [0, 0.05) is 8.96 Å². The minimum absolute atomic E-state index is 0.227. The van der Waals surface area contributed by atoms with Crippen LogP contribution in [0.15, 0.2) is 46.9 Å². The molecule has 0 saturated carbocycles. The molecule has 0 aliphatic heterocycles. The molecule has 1 atom stereocenters. The largest absolute Gasteiger partial charge is 0.459 e. The fraction of sp³-hybridized carbons (Fsp3) is 0.176. The quantitative estimate of drug-likeness (QED) is 0.658. The Labute approximate surface area is 132 Å². The molecule has 0 spiro atoms. The van der Waals surface area contributed by atoms with Gasteiger partial charge < -0.3 is 10.2 Å². The van der Waals surface area contributed by atoms with E-state index in [0.717, 1.165) is 22.3 Å². The van der Waals surface area contributed by atoms with Gasteiger partial charge in [0.05, 0.1) is 6.04 Å². The molecule has 1 aromatic heterocycles. The van der Waals surface area contributed by atoms with Crippen molar-refractivity contribution in [2.45, 2.75) is 19.9 Å². The summed E-state index contributed by atoms with van der Waals surface area (Å²) >= 11 is 2.35. The van der Waals surface area contributed by atoms with E-state index < -0.39 is 0 Å². The van der Waals surface area contributed by atoms with Crippen LogP contribution >= 0.6 is 22.6 Å². The number of nitrogens with two attached hydrogens (primary N) is 1. The minimum Gasteiger partial charge on any atom is -0.459 e. The van der Waals surface area contributed by atoms with Crippen LogP contribution in [-0.2, 0) is 0 Å². The minimum atomic E-state index is -0.227. The average molecular weight is 377 g/mol. The summed E-state index contributed by atoms with van der Waals surface area (Å²) in [6, 6.07) is 14.2. The van der Waals surface area contributed by atoms with E-state index in [9.17, 15) is 0 Å². The average Bonchev–Trinajstić information content (AvgIpc) is 2.84. The first-order valence-corrected chi connectivity index (χ1v) is 7.65. The Bertz CT molecular complexity index is 776. The van der Waals surface area contributed by atoms with Crippen LogP contribution in [0.1, 0.15) is 28.5 Å². The summed E-state index contributed by atoms with van der Waals surface area (Å²) in [6.45, 7) is 4.18. The van der Waals surface area contributed by atoms with E-state index in [2.05, 4.69) is 60.7 Å². The molecule has 3 rings (SSSR count). The number of furan rings is 1. The smallest absolute Gasteiger partial charge is 0.134 e. The lowest BCUT2D eigenvalue weighted by Crippen LogP contribution is -2.12. The molecule has 1 heterocycles. The molecule has 2 nitrogen and oxygen atoms in total. The van der Waals surface area contributed by atoms with Crippen LogP contribution < -0.4 is 5.73 Å². The molecule has 0 fully saturated rings. The van der Waals surface area contributed by atoms with Crippen molar-refractivity contribution in [1.82, 2.24) is 0 Å². The summed E-state index contributed by atoms with van der Waals surface area (Å²) in [5.74, 6) is 0.814. The molecule has 0 aliphatic rings. The predicted molar refractivity (Wildman–Crippen MR) is 90.9 cm³/mol. The molecule has 2 aromatic carbocycles. The Hall–Kier alpha value is -1.33. The maximum absolute atomic E-state index is 6.39. The highest BCUT2D eigenvalue weighted by molar-refractivity contribution is 14.1. The van der Waals surface area contributed by atoms with Gasteiger partial charge in [-0.05, 0) is 65.8 Å². The first-order valence-electron chi connectivity index (χ1n) is 6.57. The maximum Gasteiger partial charge on any atom is 0.134 e. The van der Waals surface area contributed by atoms with Crippen LogP contribution in [0.4, 0.5) is 0 Å². The highest BCUT2D eigenvalue weighted by Gasteiger charge is 2.17. The van der Waals surface area contributed by atoms with Crippen molar-refractivity contribution in [2.24, 2.45) is 5.73 Å². The van der Waals surface area contributed by atoms with Gasteiger partial charge in [0.25, 0.3) is 0 Å². The fourth-order valence-corrected chi connectivity index (χ4v) is 3.10. The van der Waals surface area contributed by atoms with Crippen molar-refractivity contribution in [3.05, 3.63) is 68.5 Å². The first kappa shape index (κ1) is 13.6. The van der Waals surface area contributed by atoms with Gasteiger partial charge in [-0.25, -0.2) is 0 Å². The lowest BCUT2D eigenvalue weighted by Gasteiger charge is -2.12. The summed E-state index contributed by atoms with van der Waals surface area (Å²) in [5, 5.41) is 1.11. The standard InChI is InChI=1S/C17H16INO/c1-10-6-7-14-12(8-10)9-15(20-14)17(19)13-5-3-4-11(2)16(13)18/h3-9,17H,19H2,1-2H3. The highest BCUT2D eigenvalue weighted by Crippen LogP contribution is 2.30. The number of rotatable bonds is 2. The van der Waals surface area contributed by atoms with Gasteiger partial charge in [0.15, 0.2) is 0 Å². The van der Waals surface area contributed by atoms with Gasteiger partial charge in [0.1, 0.15) is 11.3 Å². The molecule has 0 aliphatic carbocycles. The van der Waals surface area contributed by atoms with Crippen LogP contribution in [0.25, 0.3) is 11.0 Å². The van der Waals surface area contributed by atoms with Crippen molar-refractivity contribution in [3.8, 4) is 0 Å². The number of fused-ring (bicyclic) bond motifs is 1. The highest BCUT2D eigenvalue weighted by atomic mass is 127. The maximum atomic E-state index is 6.39. The Morgan fingerprint density at radius 1 is 1.10 bits per heavy atom. The first-order chi connectivity index (χ1) is 9.56. The van der Waals surface area contributed by atoms with E-state index in [1.807, 2.05) is 18.2 Å². The van der Waals surface area contributed by atoms with Gasteiger partial charge in [-0.2, -0.15) is 0 Å². The number of halogens is 1. The molecular formula is C17H16INO. The zero-order valence-electron chi connectivity index (χ0n) is 11.5. The van der Waals surface area contributed by atoms with E-state index in [-0.39, 0.29) is 6.04 Å². The molecule has 102 valence electrons. The van der Waals surface area contributed by atoms with Crippen molar-refractivity contribution in [1.29, 1.82) is 0 Å². The van der Waals surface area contributed by atoms with E-state index in [0.29, 0.717) is 0 Å². The summed E-state index contributed by atoms with van der Waals surface area (Å²) in [6.07, 6.45) is 0. The monoisotopic (exact) mass is 377 g/mol. The van der Waals surface area contributed by atoms with E-state index in [1.165, 1.54) is 14.7 Å². The van der Waals surface area contributed by atoms with Crippen molar-refractivity contribution >= 4 is 33.6 Å². The Kier molecular flexibility index (Phi) is 3.56. The van der Waals surface area contributed by atoms with Crippen LogP contribution in [0, 0.1) is 17.4 Å². The Balaban J connectivity index is 2.08. The van der Waals surface area contributed by atoms with E-state index >= 15 is 0 Å².